The van der Waals surface area contributed by atoms with Gasteiger partial charge in [-0.1, -0.05) is 34.1 Å². The zero-order valence-corrected chi connectivity index (χ0v) is 13.4. The molecule has 0 radical (unpaired) electrons. The van der Waals surface area contributed by atoms with Crippen LogP contribution in [0.2, 0.25) is 0 Å². The van der Waals surface area contributed by atoms with Crippen molar-refractivity contribution in [2.24, 2.45) is 0 Å². The molecular formula is C13H14Br2N2O. The molecule has 0 bridgehead atoms. The Bertz CT molecular complexity index is 566. The number of benzene rings is 1. The third-order valence-electron chi connectivity index (χ3n) is 2.91. The van der Waals surface area contributed by atoms with Crippen molar-refractivity contribution in [1.82, 2.24) is 9.78 Å². The summed E-state index contributed by atoms with van der Waals surface area (Å²) < 4.78 is 3.56. The molecular weight excluding hydrogens is 360 g/mol. The van der Waals surface area contributed by atoms with Crippen molar-refractivity contribution in [3.05, 3.63) is 50.2 Å². The second-order valence-electron chi connectivity index (χ2n) is 4.07. The summed E-state index contributed by atoms with van der Waals surface area (Å²) in [6, 6.07) is 5.87. The highest BCUT2D eigenvalue weighted by molar-refractivity contribution is 9.10. The van der Waals surface area contributed by atoms with E-state index in [0.29, 0.717) is 0 Å². The van der Waals surface area contributed by atoms with Crippen molar-refractivity contribution in [3.63, 3.8) is 0 Å². The van der Waals surface area contributed by atoms with Gasteiger partial charge in [-0.25, -0.2) is 0 Å². The molecule has 1 unspecified atom stereocenters. The molecule has 0 aliphatic carbocycles. The van der Waals surface area contributed by atoms with E-state index in [-0.39, 0.29) is 0 Å². The number of aliphatic hydroxyl groups excluding tert-OH is 1. The van der Waals surface area contributed by atoms with Gasteiger partial charge in [0.25, 0.3) is 0 Å². The molecule has 0 saturated heterocycles. The highest BCUT2D eigenvalue weighted by Gasteiger charge is 2.21. The molecule has 0 saturated carbocycles. The molecule has 0 amide bonds. The van der Waals surface area contributed by atoms with E-state index >= 15 is 0 Å². The number of hydrogen-bond acceptors (Lipinski definition) is 2. The van der Waals surface area contributed by atoms with Crippen LogP contribution in [0.3, 0.4) is 0 Å². The van der Waals surface area contributed by atoms with Crippen LogP contribution in [0.15, 0.2) is 33.3 Å². The van der Waals surface area contributed by atoms with E-state index in [2.05, 4.69) is 37.0 Å². The first-order valence-electron chi connectivity index (χ1n) is 5.70. The van der Waals surface area contributed by atoms with Gasteiger partial charge in [-0.15, -0.1) is 0 Å². The zero-order chi connectivity index (χ0) is 13.3. The van der Waals surface area contributed by atoms with Gasteiger partial charge in [0, 0.05) is 16.6 Å². The third kappa shape index (κ3) is 2.39. The summed E-state index contributed by atoms with van der Waals surface area (Å²) in [6.45, 7) is 4.73. The molecule has 96 valence electrons. The predicted octanol–water partition coefficient (Wildman–Crippen LogP) is 3.82. The first-order chi connectivity index (χ1) is 8.56. The van der Waals surface area contributed by atoms with Gasteiger partial charge < -0.3 is 5.11 Å². The van der Waals surface area contributed by atoms with E-state index in [1.165, 1.54) is 0 Å². The van der Waals surface area contributed by atoms with E-state index in [0.717, 1.165) is 32.3 Å². The number of aryl methyl sites for hydroxylation is 2. The average Bonchev–Trinajstić information content (AvgIpc) is 2.73. The number of hydrogen-bond donors (Lipinski definition) is 1. The van der Waals surface area contributed by atoms with E-state index in [1.54, 1.807) is 10.9 Å². The molecule has 0 aliphatic heterocycles. The first kappa shape index (κ1) is 13.8. The molecule has 1 heterocycles. The Balaban J connectivity index is 2.51. The minimum atomic E-state index is -0.698. The average molecular weight is 374 g/mol. The van der Waals surface area contributed by atoms with E-state index in [4.69, 9.17) is 0 Å². The summed E-state index contributed by atoms with van der Waals surface area (Å²) in [4.78, 5) is 0. The van der Waals surface area contributed by atoms with Crippen LogP contribution in [0.4, 0.5) is 0 Å². The van der Waals surface area contributed by atoms with Crippen molar-refractivity contribution in [2.45, 2.75) is 26.5 Å². The Kier molecular flexibility index (Phi) is 4.25. The second-order valence-corrected chi connectivity index (χ2v) is 5.72. The normalized spacial score (nSPS) is 12.7. The van der Waals surface area contributed by atoms with Gasteiger partial charge >= 0.3 is 0 Å². The van der Waals surface area contributed by atoms with Crippen LogP contribution in [-0.2, 0) is 6.54 Å². The van der Waals surface area contributed by atoms with Crippen molar-refractivity contribution in [2.75, 3.05) is 0 Å². The fraction of sp³-hybridized carbons (Fsp3) is 0.308. The number of halogens is 2. The van der Waals surface area contributed by atoms with Gasteiger partial charge in [0.1, 0.15) is 6.10 Å². The van der Waals surface area contributed by atoms with E-state index in [9.17, 15) is 5.11 Å². The predicted molar refractivity (Wildman–Crippen MR) is 78.5 cm³/mol. The number of aliphatic hydroxyl groups is 1. The second kappa shape index (κ2) is 5.55. The molecule has 18 heavy (non-hydrogen) atoms. The summed E-state index contributed by atoms with van der Waals surface area (Å²) in [5.74, 6) is 0. The van der Waals surface area contributed by atoms with Gasteiger partial charge in [-0.05, 0) is 35.3 Å². The van der Waals surface area contributed by atoms with Crippen LogP contribution in [0.1, 0.15) is 29.8 Å². The van der Waals surface area contributed by atoms with Crippen LogP contribution in [0.25, 0.3) is 0 Å². The molecule has 1 aromatic carbocycles. The highest BCUT2D eigenvalue weighted by atomic mass is 79.9. The lowest BCUT2D eigenvalue weighted by Crippen LogP contribution is -2.10. The van der Waals surface area contributed by atoms with Gasteiger partial charge in [0.2, 0.25) is 0 Å². The molecule has 1 atom stereocenters. The maximum Gasteiger partial charge on any atom is 0.123 e. The van der Waals surface area contributed by atoms with Crippen LogP contribution in [0, 0.1) is 6.92 Å². The highest BCUT2D eigenvalue weighted by Crippen LogP contribution is 2.33. The molecule has 2 rings (SSSR count). The largest absolute Gasteiger partial charge is 0.382 e. The topological polar surface area (TPSA) is 38.0 Å². The lowest BCUT2D eigenvalue weighted by atomic mass is 10.0. The van der Waals surface area contributed by atoms with E-state index in [1.807, 2.05) is 32.0 Å². The lowest BCUT2D eigenvalue weighted by molar-refractivity contribution is 0.206. The standard InChI is InChI=1S/C13H14Br2N2O/c1-3-17-12(10(14)7-16-17)13(18)9-6-4-5-8(2)11(9)15/h4-7,13,18H,3H2,1-2H3. The number of rotatable bonds is 3. The maximum absolute atomic E-state index is 10.6. The maximum atomic E-state index is 10.6. The Morgan fingerprint density at radius 2 is 2.11 bits per heavy atom. The molecule has 5 heteroatoms. The molecule has 0 fully saturated rings. The Morgan fingerprint density at radius 1 is 1.39 bits per heavy atom. The zero-order valence-electron chi connectivity index (χ0n) is 10.2. The summed E-state index contributed by atoms with van der Waals surface area (Å²) in [6.07, 6.45) is 1.02. The summed E-state index contributed by atoms with van der Waals surface area (Å²) in [5, 5.41) is 14.8. The SMILES string of the molecule is CCn1ncc(Br)c1C(O)c1cccc(C)c1Br. The van der Waals surface area contributed by atoms with Crippen molar-refractivity contribution in [1.29, 1.82) is 0 Å². The quantitative estimate of drug-likeness (QED) is 0.888. The number of nitrogens with zero attached hydrogens (tertiary/aromatic N) is 2. The monoisotopic (exact) mass is 372 g/mol. The van der Waals surface area contributed by atoms with Crippen LogP contribution >= 0.6 is 31.9 Å². The lowest BCUT2D eigenvalue weighted by Gasteiger charge is -2.16. The molecule has 0 aliphatic rings. The molecule has 1 aromatic heterocycles. The van der Waals surface area contributed by atoms with Crippen LogP contribution < -0.4 is 0 Å². The van der Waals surface area contributed by atoms with Crippen molar-refractivity contribution in [3.8, 4) is 0 Å². The fourth-order valence-corrected chi connectivity index (χ4v) is 2.92. The van der Waals surface area contributed by atoms with Crippen LogP contribution in [0.5, 0.6) is 0 Å². The summed E-state index contributed by atoms with van der Waals surface area (Å²) in [7, 11) is 0. The molecule has 3 nitrogen and oxygen atoms in total. The molecule has 1 N–H and O–H groups in total. The smallest absolute Gasteiger partial charge is 0.123 e. The fourth-order valence-electron chi connectivity index (χ4n) is 1.92. The Hall–Kier alpha value is -0.650. The summed E-state index contributed by atoms with van der Waals surface area (Å²) in [5.41, 5.74) is 2.74. The first-order valence-corrected chi connectivity index (χ1v) is 7.29. The minimum absolute atomic E-state index is 0.698. The van der Waals surface area contributed by atoms with Gasteiger partial charge in [0.15, 0.2) is 0 Å². The Morgan fingerprint density at radius 3 is 2.78 bits per heavy atom. The molecule has 2 aromatic rings. The van der Waals surface area contributed by atoms with Crippen molar-refractivity contribution < 1.29 is 5.11 Å². The Labute approximate surface area is 123 Å². The summed E-state index contributed by atoms with van der Waals surface area (Å²) >= 11 is 6.97. The van der Waals surface area contributed by atoms with Gasteiger partial charge in [0.05, 0.1) is 16.4 Å². The van der Waals surface area contributed by atoms with E-state index < -0.39 is 6.10 Å². The molecule has 0 spiro atoms. The van der Waals surface area contributed by atoms with Crippen molar-refractivity contribution >= 4 is 31.9 Å². The van der Waals surface area contributed by atoms with Gasteiger partial charge in [-0.2, -0.15) is 5.10 Å². The minimum Gasteiger partial charge on any atom is -0.382 e. The van der Waals surface area contributed by atoms with Gasteiger partial charge in [-0.3, -0.25) is 4.68 Å². The number of aromatic nitrogens is 2. The van der Waals surface area contributed by atoms with Crippen LogP contribution in [-0.4, -0.2) is 14.9 Å². The third-order valence-corrected chi connectivity index (χ3v) is 4.60.